The molecule has 0 saturated carbocycles. The molecule has 0 aromatic rings. The van der Waals surface area contributed by atoms with Crippen LogP contribution in [0.2, 0.25) is 0 Å². The Morgan fingerprint density at radius 3 is 2.50 bits per heavy atom. The molecule has 0 N–H and O–H groups in total. The molecule has 1 rings (SSSR count). The number of nitrogens with zero attached hydrogens (tertiary/aromatic N) is 1. The lowest BCUT2D eigenvalue weighted by atomic mass is 9.94. The molecule has 0 aliphatic carbocycles. The SMILES string of the molecule is CC(C)(C)CCS(=O)(=O)N1CCCC1CCl. The lowest BCUT2D eigenvalue weighted by Crippen LogP contribution is -2.38. The average Bonchev–Trinajstić information content (AvgIpc) is 2.62. The molecular weight excluding hydrogens is 246 g/mol. The van der Waals surface area contributed by atoms with Gasteiger partial charge in [0.1, 0.15) is 0 Å². The van der Waals surface area contributed by atoms with E-state index in [1.165, 1.54) is 0 Å². The van der Waals surface area contributed by atoms with E-state index < -0.39 is 10.0 Å². The number of hydrogen-bond donors (Lipinski definition) is 0. The summed E-state index contributed by atoms with van der Waals surface area (Å²) >= 11 is 5.79. The standard InChI is InChI=1S/C11H22ClNO2S/c1-11(2,3)6-8-16(14,15)13-7-4-5-10(13)9-12/h10H,4-9H2,1-3H3. The van der Waals surface area contributed by atoms with Crippen LogP contribution in [0.1, 0.15) is 40.0 Å². The quantitative estimate of drug-likeness (QED) is 0.734. The summed E-state index contributed by atoms with van der Waals surface area (Å²) in [7, 11) is -3.11. The molecule has 1 saturated heterocycles. The van der Waals surface area contributed by atoms with Gasteiger partial charge in [-0.05, 0) is 24.7 Å². The topological polar surface area (TPSA) is 37.4 Å². The fourth-order valence-corrected chi connectivity index (χ4v) is 4.43. The average molecular weight is 268 g/mol. The normalized spacial score (nSPS) is 23.9. The third-order valence-electron chi connectivity index (χ3n) is 2.97. The van der Waals surface area contributed by atoms with Gasteiger partial charge in [0.15, 0.2) is 0 Å². The Kier molecular flexibility index (Phi) is 4.66. The fourth-order valence-electron chi connectivity index (χ4n) is 1.88. The summed E-state index contributed by atoms with van der Waals surface area (Å²) in [5, 5.41) is 0. The minimum atomic E-state index is -3.11. The molecule has 0 radical (unpaired) electrons. The highest BCUT2D eigenvalue weighted by molar-refractivity contribution is 7.89. The first-order chi connectivity index (χ1) is 7.26. The third-order valence-corrected chi connectivity index (χ3v) is 5.24. The zero-order chi connectivity index (χ0) is 12.4. The van der Waals surface area contributed by atoms with Crippen LogP contribution < -0.4 is 0 Å². The van der Waals surface area contributed by atoms with Crippen LogP contribution in [0.25, 0.3) is 0 Å². The van der Waals surface area contributed by atoms with Gasteiger partial charge >= 0.3 is 0 Å². The molecule has 16 heavy (non-hydrogen) atoms. The van der Waals surface area contributed by atoms with Gasteiger partial charge < -0.3 is 0 Å². The van der Waals surface area contributed by atoms with Crippen molar-refractivity contribution in [2.75, 3.05) is 18.2 Å². The molecule has 5 heteroatoms. The lowest BCUT2D eigenvalue weighted by molar-refractivity contribution is 0.377. The van der Waals surface area contributed by atoms with Crippen LogP contribution in [0.3, 0.4) is 0 Å². The number of rotatable bonds is 4. The summed E-state index contributed by atoms with van der Waals surface area (Å²) in [6, 6.07) is 0.0200. The van der Waals surface area contributed by atoms with Crippen LogP contribution in [-0.2, 0) is 10.0 Å². The van der Waals surface area contributed by atoms with Crippen molar-refractivity contribution in [1.82, 2.24) is 4.31 Å². The molecule has 0 aromatic carbocycles. The van der Waals surface area contributed by atoms with Gasteiger partial charge in [0.25, 0.3) is 0 Å². The zero-order valence-corrected chi connectivity index (χ0v) is 11.9. The van der Waals surface area contributed by atoms with E-state index in [0.717, 1.165) is 12.8 Å². The van der Waals surface area contributed by atoms with Gasteiger partial charge in [-0.15, -0.1) is 11.6 Å². The zero-order valence-electron chi connectivity index (χ0n) is 10.4. The van der Waals surface area contributed by atoms with Crippen molar-refractivity contribution in [3.8, 4) is 0 Å². The van der Waals surface area contributed by atoms with Crippen molar-refractivity contribution in [3.05, 3.63) is 0 Å². The molecule has 0 spiro atoms. The van der Waals surface area contributed by atoms with Crippen molar-refractivity contribution in [3.63, 3.8) is 0 Å². The van der Waals surface area contributed by atoms with Gasteiger partial charge in [0.05, 0.1) is 5.75 Å². The summed E-state index contributed by atoms with van der Waals surface area (Å²) < 4.78 is 25.8. The summed E-state index contributed by atoms with van der Waals surface area (Å²) in [6.45, 7) is 6.83. The van der Waals surface area contributed by atoms with Gasteiger partial charge in [0.2, 0.25) is 10.0 Å². The summed E-state index contributed by atoms with van der Waals surface area (Å²) in [6.07, 6.45) is 2.53. The molecule has 1 unspecified atom stereocenters. The Balaban J connectivity index is 2.63. The molecule has 1 aliphatic rings. The maximum Gasteiger partial charge on any atom is 0.214 e. The van der Waals surface area contributed by atoms with Crippen LogP contribution >= 0.6 is 11.6 Å². The number of sulfonamides is 1. The Morgan fingerprint density at radius 2 is 2.00 bits per heavy atom. The molecular formula is C11H22ClNO2S. The highest BCUT2D eigenvalue weighted by Crippen LogP contribution is 2.25. The first-order valence-electron chi connectivity index (χ1n) is 5.82. The minimum Gasteiger partial charge on any atom is -0.212 e. The van der Waals surface area contributed by atoms with E-state index in [4.69, 9.17) is 11.6 Å². The van der Waals surface area contributed by atoms with E-state index in [9.17, 15) is 8.42 Å². The number of hydrogen-bond acceptors (Lipinski definition) is 2. The van der Waals surface area contributed by atoms with E-state index in [-0.39, 0.29) is 17.2 Å². The largest absolute Gasteiger partial charge is 0.214 e. The van der Waals surface area contributed by atoms with Crippen LogP contribution in [0.15, 0.2) is 0 Å². The second-order valence-electron chi connectivity index (χ2n) is 5.69. The van der Waals surface area contributed by atoms with E-state index >= 15 is 0 Å². The number of alkyl halides is 1. The lowest BCUT2D eigenvalue weighted by Gasteiger charge is -2.25. The second-order valence-corrected chi connectivity index (χ2v) is 8.04. The molecule has 0 aromatic heterocycles. The van der Waals surface area contributed by atoms with Crippen molar-refractivity contribution in [1.29, 1.82) is 0 Å². The summed E-state index contributed by atoms with van der Waals surface area (Å²) in [5.41, 5.74) is 0.0588. The Bertz CT molecular complexity index is 321. The number of halogens is 1. The molecule has 1 atom stereocenters. The predicted octanol–water partition coefficient (Wildman–Crippen LogP) is 2.46. The van der Waals surface area contributed by atoms with Crippen molar-refractivity contribution >= 4 is 21.6 Å². The predicted molar refractivity (Wildman–Crippen MR) is 68.3 cm³/mol. The van der Waals surface area contributed by atoms with Crippen molar-refractivity contribution in [2.24, 2.45) is 5.41 Å². The Morgan fingerprint density at radius 1 is 1.38 bits per heavy atom. The van der Waals surface area contributed by atoms with Gasteiger partial charge in [-0.25, -0.2) is 8.42 Å². The fraction of sp³-hybridized carbons (Fsp3) is 1.00. The van der Waals surface area contributed by atoms with E-state index in [0.29, 0.717) is 18.8 Å². The monoisotopic (exact) mass is 267 g/mol. The molecule has 3 nitrogen and oxygen atoms in total. The van der Waals surface area contributed by atoms with Crippen molar-refractivity contribution < 1.29 is 8.42 Å². The Hall–Kier alpha value is 0.200. The van der Waals surface area contributed by atoms with Gasteiger partial charge in [-0.1, -0.05) is 20.8 Å². The van der Waals surface area contributed by atoms with Crippen LogP contribution in [0.4, 0.5) is 0 Å². The molecule has 1 heterocycles. The van der Waals surface area contributed by atoms with E-state index in [1.807, 2.05) is 0 Å². The van der Waals surface area contributed by atoms with Crippen LogP contribution in [-0.4, -0.2) is 36.9 Å². The molecule has 1 aliphatic heterocycles. The first kappa shape index (κ1) is 14.3. The maximum atomic E-state index is 12.1. The second kappa shape index (κ2) is 5.23. The van der Waals surface area contributed by atoms with Crippen LogP contribution in [0.5, 0.6) is 0 Å². The van der Waals surface area contributed by atoms with Gasteiger partial charge in [-0.3, -0.25) is 0 Å². The highest BCUT2D eigenvalue weighted by Gasteiger charge is 2.33. The highest BCUT2D eigenvalue weighted by atomic mass is 35.5. The maximum absolute atomic E-state index is 12.1. The minimum absolute atomic E-state index is 0.0200. The first-order valence-corrected chi connectivity index (χ1v) is 7.96. The van der Waals surface area contributed by atoms with Gasteiger partial charge in [0, 0.05) is 18.5 Å². The molecule has 96 valence electrons. The summed E-state index contributed by atoms with van der Waals surface area (Å²) in [5.74, 6) is 0.651. The third kappa shape index (κ3) is 3.90. The Labute approximate surface area is 104 Å². The van der Waals surface area contributed by atoms with E-state index in [1.54, 1.807) is 4.31 Å². The van der Waals surface area contributed by atoms with Crippen molar-refractivity contribution in [2.45, 2.75) is 46.1 Å². The molecule has 1 fully saturated rings. The van der Waals surface area contributed by atoms with E-state index in [2.05, 4.69) is 20.8 Å². The summed E-state index contributed by atoms with van der Waals surface area (Å²) in [4.78, 5) is 0. The van der Waals surface area contributed by atoms with Gasteiger partial charge in [-0.2, -0.15) is 4.31 Å². The molecule has 0 amide bonds. The van der Waals surface area contributed by atoms with Crippen LogP contribution in [0, 0.1) is 5.41 Å². The molecule has 0 bridgehead atoms. The smallest absolute Gasteiger partial charge is 0.212 e.